The highest BCUT2D eigenvalue weighted by atomic mass is 35.5. The second-order valence-electron chi connectivity index (χ2n) is 5.01. The molecule has 5 heteroatoms. The smallest absolute Gasteiger partial charge is 0.184 e. The number of nitrogens with one attached hydrogen (secondary N) is 1. The molecule has 0 aliphatic carbocycles. The summed E-state index contributed by atoms with van der Waals surface area (Å²) in [6, 6.07) is 12.5. The van der Waals surface area contributed by atoms with Crippen molar-refractivity contribution < 1.29 is 4.39 Å². The summed E-state index contributed by atoms with van der Waals surface area (Å²) in [7, 11) is 0. The lowest BCUT2D eigenvalue weighted by molar-refractivity contribution is 0.626. The van der Waals surface area contributed by atoms with Gasteiger partial charge in [0.05, 0.1) is 10.2 Å². The summed E-state index contributed by atoms with van der Waals surface area (Å²) in [6.07, 6.45) is 0.816. The summed E-state index contributed by atoms with van der Waals surface area (Å²) in [5.41, 5.74) is 2.04. The van der Waals surface area contributed by atoms with Crippen LogP contribution in [0.4, 0.5) is 9.52 Å². The maximum atomic E-state index is 12.9. The molecule has 0 aliphatic heterocycles. The zero-order valence-corrected chi connectivity index (χ0v) is 13.0. The molecule has 0 saturated heterocycles. The van der Waals surface area contributed by atoms with Crippen molar-refractivity contribution in [2.24, 2.45) is 0 Å². The highest BCUT2D eigenvalue weighted by Crippen LogP contribution is 2.28. The third kappa shape index (κ3) is 3.52. The zero-order valence-electron chi connectivity index (χ0n) is 11.4. The first-order valence-electron chi connectivity index (χ1n) is 6.67. The molecule has 0 bridgehead atoms. The number of thiazole rings is 1. The predicted molar refractivity (Wildman–Crippen MR) is 87.8 cm³/mol. The van der Waals surface area contributed by atoms with Gasteiger partial charge in [-0.15, -0.1) is 0 Å². The van der Waals surface area contributed by atoms with Gasteiger partial charge in [-0.3, -0.25) is 0 Å². The Morgan fingerprint density at radius 2 is 2.00 bits per heavy atom. The van der Waals surface area contributed by atoms with Crippen LogP contribution in [0.15, 0.2) is 42.5 Å². The molecule has 1 unspecified atom stereocenters. The van der Waals surface area contributed by atoms with Crippen molar-refractivity contribution in [3.05, 3.63) is 58.9 Å². The van der Waals surface area contributed by atoms with Crippen LogP contribution in [0.1, 0.15) is 12.5 Å². The number of hydrogen-bond acceptors (Lipinski definition) is 3. The van der Waals surface area contributed by atoms with Gasteiger partial charge in [-0.1, -0.05) is 35.1 Å². The average Bonchev–Trinajstić information content (AvgIpc) is 2.82. The van der Waals surface area contributed by atoms with Gasteiger partial charge in [0.2, 0.25) is 0 Å². The van der Waals surface area contributed by atoms with Gasteiger partial charge in [0, 0.05) is 11.1 Å². The number of benzene rings is 2. The van der Waals surface area contributed by atoms with E-state index in [1.165, 1.54) is 12.1 Å². The fraction of sp³-hybridized carbons (Fsp3) is 0.188. The summed E-state index contributed by atoms with van der Waals surface area (Å²) in [5.74, 6) is -0.206. The zero-order chi connectivity index (χ0) is 14.8. The van der Waals surface area contributed by atoms with E-state index in [1.807, 2.05) is 30.3 Å². The largest absolute Gasteiger partial charge is 0.359 e. The van der Waals surface area contributed by atoms with E-state index in [4.69, 9.17) is 11.6 Å². The summed E-state index contributed by atoms with van der Waals surface area (Å²) in [4.78, 5) is 4.54. The SMILES string of the molecule is CC(Cc1ccc(F)cc1)Nc1nc2ccc(Cl)cc2s1. The fourth-order valence-corrected chi connectivity index (χ4v) is 3.45. The van der Waals surface area contributed by atoms with Crippen LogP contribution >= 0.6 is 22.9 Å². The molecule has 1 N–H and O–H groups in total. The minimum absolute atomic E-state index is 0.206. The first-order chi connectivity index (χ1) is 10.1. The van der Waals surface area contributed by atoms with Crippen LogP contribution in [0.2, 0.25) is 5.02 Å². The first-order valence-corrected chi connectivity index (χ1v) is 7.87. The highest BCUT2D eigenvalue weighted by molar-refractivity contribution is 7.22. The molecular weight excluding hydrogens is 307 g/mol. The lowest BCUT2D eigenvalue weighted by Gasteiger charge is -2.12. The van der Waals surface area contributed by atoms with E-state index >= 15 is 0 Å². The molecule has 0 saturated carbocycles. The van der Waals surface area contributed by atoms with Gasteiger partial charge in [0.1, 0.15) is 5.82 Å². The Hall–Kier alpha value is -1.65. The van der Waals surface area contributed by atoms with Crippen LogP contribution in [0.25, 0.3) is 10.2 Å². The van der Waals surface area contributed by atoms with Gasteiger partial charge in [0.15, 0.2) is 5.13 Å². The highest BCUT2D eigenvalue weighted by Gasteiger charge is 2.08. The van der Waals surface area contributed by atoms with Crippen LogP contribution in [0.5, 0.6) is 0 Å². The molecule has 0 fully saturated rings. The second kappa shape index (κ2) is 6.00. The number of rotatable bonds is 4. The minimum Gasteiger partial charge on any atom is -0.359 e. The molecular formula is C16H14ClFN2S. The normalized spacial score (nSPS) is 12.5. The van der Waals surface area contributed by atoms with Crippen molar-refractivity contribution >= 4 is 38.3 Å². The first kappa shape index (κ1) is 14.3. The number of halogens is 2. The molecule has 0 amide bonds. The van der Waals surface area contributed by atoms with Crippen molar-refractivity contribution in [2.75, 3.05) is 5.32 Å². The average molecular weight is 321 g/mol. The number of anilines is 1. The standard InChI is InChI=1S/C16H14ClFN2S/c1-10(8-11-2-5-13(18)6-3-11)19-16-20-14-7-4-12(17)9-15(14)21-16/h2-7,9-10H,8H2,1H3,(H,19,20). The molecule has 1 aromatic heterocycles. The Balaban J connectivity index is 1.70. The Morgan fingerprint density at radius 1 is 1.24 bits per heavy atom. The number of hydrogen-bond donors (Lipinski definition) is 1. The Kier molecular flexibility index (Phi) is 4.08. The van der Waals surface area contributed by atoms with E-state index in [0.29, 0.717) is 0 Å². The van der Waals surface area contributed by atoms with Gasteiger partial charge in [-0.2, -0.15) is 0 Å². The van der Waals surface area contributed by atoms with Crippen LogP contribution in [-0.4, -0.2) is 11.0 Å². The maximum Gasteiger partial charge on any atom is 0.184 e. The third-order valence-corrected chi connectivity index (χ3v) is 4.36. The minimum atomic E-state index is -0.206. The van der Waals surface area contributed by atoms with E-state index in [9.17, 15) is 4.39 Å². The topological polar surface area (TPSA) is 24.9 Å². The van der Waals surface area contributed by atoms with Crippen molar-refractivity contribution in [1.82, 2.24) is 4.98 Å². The molecule has 0 spiro atoms. The molecule has 108 valence electrons. The van der Waals surface area contributed by atoms with E-state index in [1.54, 1.807) is 11.3 Å². The van der Waals surface area contributed by atoms with Crippen LogP contribution in [0, 0.1) is 5.82 Å². The number of nitrogens with zero attached hydrogens (tertiary/aromatic N) is 1. The van der Waals surface area contributed by atoms with Crippen molar-refractivity contribution in [1.29, 1.82) is 0 Å². The summed E-state index contributed by atoms with van der Waals surface area (Å²) >= 11 is 7.57. The third-order valence-electron chi connectivity index (χ3n) is 3.18. The van der Waals surface area contributed by atoms with Crippen molar-refractivity contribution in [3.63, 3.8) is 0 Å². The van der Waals surface area contributed by atoms with E-state index < -0.39 is 0 Å². The Morgan fingerprint density at radius 3 is 2.76 bits per heavy atom. The second-order valence-corrected chi connectivity index (χ2v) is 6.47. The summed E-state index contributed by atoms with van der Waals surface area (Å²) < 4.78 is 14.0. The Labute approximate surface area is 131 Å². The lowest BCUT2D eigenvalue weighted by Crippen LogP contribution is -2.17. The van der Waals surface area contributed by atoms with Gasteiger partial charge >= 0.3 is 0 Å². The molecule has 21 heavy (non-hydrogen) atoms. The molecule has 2 aromatic carbocycles. The van der Waals surface area contributed by atoms with Crippen molar-refractivity contribution in [3.8, 4) is 0 Å². The molecule has 0 aliphatic rings. The summed E-state index contributed by atoms with van der Waals surface area (Å²) in [6.45, 7) is 2.09. The number of aromatic nitrogens is 1. The summed E-state index contributed by atoms with van der Waals surface area (Å²) in [5, 5.41) is 4.98. The Bertz CT molecular complexity index is 755. The fourth-order valence-electron chi connectivity index (χ4n) is 2.20. The van der Waals surface area contributed by atoms with Gasteiger partial charge in [-0.05, 0) is 49.2 Å². The van der Waals surface area contributed by atoms with Gasteiger partial charge < -0.3 is 5.32 Å². The molecule has 1 atom stereocenters. The van der Waals surface area contributed by atoms with Crippen LogP contribution in [-0.2, 0) is 6.42 Å². The maximum absolute atomic E-state index is 12.9. The molecule has 2 nitrogen and oxygen atoms in total. The van der Waals surface area contributed by atoms with Gasteiger partial charge in [-0.25, -0.2) is 9.37 Å². The van der Waals surface area contributed by atoms with E-state index in [0.717, 1.165) is 32.4 Å². The lowest BCUT2D eigenvalue weighted by atomic mass is 10.1. The van der Waals surface area contributed by atoms with Crippen LogP contribution < -0.4 is 5.32 Å². The molecule has 3 rings (SSSR count). The molecule has 0 radical (unpaired) electrons. The molecule has 3 aromatic rings. The predicted octanol–water partition coefficient (Wildman–Crippen LogP) is 5.13. The van der Waals surface area contributed by atoms with Crippen molar-refractivity contribution in [2.45, 2.75) is 19.4 Å². The van der Waals surface area contributed by atoms with E-state index in [-0.39, 0.29) is 11.9 Å². The van der Waals surface area contributed by atoms with Crippen LogP contribution in [0.3, 0.4) is 0 Å². The van der Waals surface area contributed by atoms with Gasteiger partial charge in [0.25, 0.3) is 0 Å². The van der Waals surface area contributed by atoms with E-state index in [2.05, 4.69) is 17.2 Å². The monoisotopic (exact) mass is 320 g/mol. The molecule has 1 heterocycles. The number of fused-ring (bicyclic) bond motifs is 1. The quantitative estimate of drug-likeness (QED) is 0.720.